The average molecular weight is 521 g/mol. The number of aromatic amines is 1. The molecule has 14 heteroatoms. The molecule has 202 valence electrons. The molecule has 0 spiro atoms. The Hall–Kier alpha value is -4.01. The summed E-state index contributed by atoms with van der Waals surface area (Å²) in [5.74, 6) is -4.87. The fourth-order valence-corrected chi connectivity index (χ4v) is 3.56. The molecular formula is C23H32N6O8. The quantitative estimate of drug-likeness (QED) is 0.125. The van der Waals surface area contributed by atoms with Crippen molar-refractivity contribution in [2.24, 2.45) is 11.5 Å². The van der Waals surface area contributed by atoms with Gasteiger partial charge in [-0.25, -0.2) is 4.79 Å². The second kappa shape index (κ2) is 13.3. The normalized spacial score (nSPS) is 15.1. The highest BCUT2D eigenvalue weighted by atomic mass is 16.4. The first kappa shape index (κ1) is 29.2. The highest BCUT2D eigenvalue weighted by molar-refractivity contribution is 5.95. The van der Waals surface area contributed by atoms with Crippen LogP contribution in [0.25, 0.3) is 10.9 Å². The molecule has 0 aliphatic heterocycles. The number of nitrogens with two attached hydrogens (primary N) is 2. The Morgan fingerprint density at radius 1 is 1.00 bits per heavy atom. The van der Waals surface area contributed by atoms with E-state index >= 15 is 0 Å². The van der Waals surface area contributed by atoms with Gasteiger partial charge in [-0.3, -0.25) is 19.2 Å². The molecule has 0 saturated heterocycles. The maximum Gasteiger partial charge on any atom is 0.328 e. The number of carboxylic acid groups (broad SMARTS) is 1. The lowest BCUT2D eigenvalue weighted by Gasteiger charge is -2.25. The Kier molecular flexibility index (Phi) is 10.5. The summed E-state index contributed by atoms with van der Waals surface area (Å²) in [5, 5.41) is 36.0. The molecule has 1 heterocycles. The Bertz CT molecular complexity index is 1130. The summed E-state index contributed by atoms with van der Waals surface area (Å²) < 4.78 is 0. The summed E-state index contributed by atoms with van der Waals surface area (Å²) in [5.41, 5.74) is 12.0. The summed E-state index contributed by atoms with van der Waals surface area (Å²) in [6, 6.07) is 1.51. The van der Waals surface area contributed by atoms with Crippen LogP contribution in [0.1, 0.15) is 25.3 Å². The van der Waals surface area contributed by atoms with E-state index < -0.39 is 66.5 Å². The molecule has 37 heavy (non-hydrogen) atoms. The van der Waals surface area contributed by atoms with Crippen LogP contribution in [0.15, 0.2) is 30.5 Å². The standard InChI is InChI=1S/C23H32N6O8/c1-11(31)19(23(36)37)29-22(35)17(8-12-9-26-15-5-3-2-4-13(12)15)28-21(34)16(6-7-18(25)32)27-20(33)14(24)10-30/h2-5,9,11,14,16-17,19,26,30-31H,6-8,10,24H2,1H3,(H2,25,32)(H,27,33)(H,28,34)(H,29,35)(H,36,37). The highest BCUT2D eigenvalue weighted by Crippen LogP contribution is 2.19. The number of nitrogens with one attached hydrogen (secondary N) is 4. The SMILES string of the molecule is CC(O)C(NC(=O)C(Cc1c[nH]c2ccccc12)NC(=O)C(CCC(N)=O)NC(=O)C(N)CO)C(=O)O. The van der Waals surface area contributed by atoms with Crippen molar-refractivity contribution in [2.45, 2.75) is 56.5 Å². The fourth-order valence-electron chi connectivity index (χ4n) is 3.56. The molecule has 2 rings (SSSR count). The molecule has 0 saturated carbocycles. The van der Waals surface area contributed by atoms with Crippen LogP contribution in [-0.2, 0) is 30.4 Å². The predicted molar refractivity (Wildman–Crippen MR) is 131 cm³/mol. The van der Waals surface area contributed by atoms with E-state index in [1.807, 2.05) is 0 Å². The first-order chi connectivity index (χ1) is 17.4. The van der Waals surface area contributed by atoms with Crippen molar-refractivity contribution in [3.05, 3.63) is 36.0 Å². The minimum atomic E-state index is -1.65. The number of aliphatic carboxylic acids is 1. The van der Waals surface area contributed by atoms with Gasteiger partial charge in [0.25, 0.3) is 0 Å². The Morgan fingerprint density at radius 2 is 1.62 bits per heavy atom. The summed E-state index contributed by atoms with van der Waals surface area (Å²) in [7, 11) is 0. The van der Waals surface area contributed by atoms with Crippen molar-refractivity contribution < 1.29 is 39.3 Å². The van der Waals surface area contributed by atoms with Crippen molar-refractivity contribution in [2.75, 3.05) is 6.61 Å². The van der Waals surface area contributed by atoms with Crippen LogP contribution < -0.4 is 27.4 Å². The largest absolute Gasteiger partial charge is 0.480 e. The van der Waals surface area contributed by atoms with E-state index in [1.54, 1.807) is 30.5 Å². The molecule has 14 nitrogen and oxygen atoms in total. The first-order valence-electron chi connectivity index (χ1n) is 11.5. The maximum absolute atomic E-state index is 13.1. The molecule has 0 radical (unpaired) electrons. The lowest BCUT2D eigenvalue weighted by atomic mass is 10.0. The second-order valence-corrected chi connectivity index (χ2v) is 8.55. The Morgan fingerprint density at radius 3 is 2.22 bits per heavy atom. The smallest absolute Gasteiger partial charge is 0.328 e. The minimum absolute atomic E-state index is 0.0830. The molecule has 0 aliphatic rings. The van der Waals surface area contributed by atoms with Gasteiger partial charge in [-0.1, -0.05) is 18.2 Å². The second-order valence-electron chi connectivity index (χ2n) is 8.55. The van der Waals surface area contributed by atoms with Crippen molar-refractivity contribution in [1.29, 1.82) is 0 Å². The van der Waals surface area contributed by atoms with Crippen LogP contribution in [-0.4, -0.2) is 86.8 Å². The monoisotopic (exact) mass is 520 g/mol. The molecular weight excluding hydrogens is 488 g/mol. The molecule has 5 unspecified atom stereocenters. The number of aliphatic hydroxyl groups excluding tert-OH is 2. The van der Waals surface area contributed by atoms with Gasteiger partial charge in [0, 0.05) is 29.9 Å². The van der Waals surface area contributed by atoms with E-state index in [0.29, 0.717) is 5.56 Å². The van der Waals surface area contributed by atoms with Crippen LogP contribution in [0.2, 0.25) is 0 Å². The fraction of sp³-hybridized carbons (Fsp3) is 0.435. The number of hydrogen-bond donors (Lipinski definition) is 9. The summed E-state index contributed by atoms with van der Waals surface area (Å²) in [4.78, 5) is 64.2. The summed E-state index contributed by atoms with van der Waals surface area (Å²) >= 11 is 0. The van der Waals surface area contributed by atoms with Gasteiger partial charge < -0.3 is 47.7 Å². The third-order valence-corrected chi connectivity index (χ3v) is 5.62. The van der Waals surface area contributed by atoms with Crippen molar-refractivity contribution >= 4 is 40.5 Å². The van der Waals surface area contributed by atoms with Crippen molar-refractivity contribution in [3.8, 4) is 0 Å². The van der Waals surface area contributed by atoms with E-state index in [-0.39, 0.29) is 19.3 Å². The number of aromatic nitrogens is 1. The predicted octanol–water partition coefficient (Wildman–Crippen LogP) is -2.78. The zero-order valence-electron chi connectivity index (χ0n) is 20.1. The van der Waals surface area contributed by atoms with Crippen LogP contribution in [0.3, 0.4) is 0 Å². The van der Waals surface area contributed by atoms with Gasteiger partial charge in [0.2, 0.25) is 23.6 Å². The number of primary amides is 1. The zero-order valence-corrected chi connectivity index (χ0v) is 20.1. The number of carbonyl (C=O) groups is 5. The number of carboxylic acids is 1. The first-order valence-corrected chi connectivity index (χ1v) is 11.5. The topological polar surface area (TPSA) is 250 Å². The van der Waals surface area contributed by atoms with E-state index in [2.05, 4.69) is 20.9 Å². The number of benzene rings is 1. The Labute approximate surface area is 211 Å². The number of para-hydroxylation sites is 1. The molecule has 4 amide bonds. The lowest BCUT2D eigenvalue weighted by Crippen LogP contribution is -2.59. The number of amides is 4. The number of carbonyl (C=O) groups excluding carboxylic acids is 4. The van der Waals surface area contributed by atoms with Gasteiger partial charge in [-0.2, -0.15) is 0 Å². The number of hydrogen-bond acceptors (Lipinski definition) is 8. The number of fused-ring (bicyclic) bond motifs is 1. The number of H-pyrrole nitrogens is 1. The lowest BCUT2D eigenvalue weighted by molar-refractivity contribution is -0.145. The van der Waals surface area contributed by atoms with Gasteiger partial charge >= 0.3 is 5.97 Å². The summed E-state index contributed by atoms with van der Waals surface area (Å²) in [6.45, 7) is 0.490. The maximum atomic E-state index is 13.1. The molecule has 2 aromatic rings. The van der Waals surface area contributed by atoms with Crippen LogP contribution >= 0.6 is 0 Å². The van der Waals surface area contributed by atoms with E-state index in [9.17, 15) is 34.2 Å². The van der Waals surface area contributed by atoms with Gasteiger partial charge in [0.05, 0.1) is 12.7 Å². The molecule has 1 aromatic heterocycles. The average Bonchev–Trinajstić information content (AvgIpc) is 3.25. The molecule has 0 fully saturated rings. The summed E-state index contributed by atoms with van der Waals surface area (Å²) in [6.07, 6.45) is -0.394. The molecule has 11 N–H and O–H groups in total. The minimum Gasteiger partial charge on any atom is -0.480 e. The third kappa shape index (κ3) is 8.27. The van der Waals surface area contributed by atoms with Crippen LogP contribution in [0.5, 0.6) is 0 Å². The molecule has 1 aromatic carbocycles. The zero-order chi connectivity index (χ0) is 27.7. The van der Waals surface area contributed by atoms with Gasteiger partial charge in [-0.15, -0.1) is 0 Å². The molecule has 0 bridgehead atoms. The van der Waals surface area contributed by atoms with Crippen molar-refractivity contribution in [3.63, 3.8) is 0 Å². The van der Waals surface area contributed by atoms with Gasteiger partial charge in [0.15, 0.2) is 6.04 Å². The van der Waals surface area contributed by atoms with Crippen molar-refractivity contribution in [1.82, 2.24) is 20.9 Å². The van der Waals surface area contributed by atoms with Gasteiger partial charge in [-0.05, 0) is 25.0 Å². The highest BCUT2D eigenvalue weighted by Gasteiger charge is 2.32. The van der Waals surface area contributed by atoms with E-state index in [4.69, 9.17) is 16.6 Å². The van der Waals surface area contributed by atoms with E-state index in [0.717, 1.165) is 10.9 Å². The number of aliphatic hydroxyl groups is 2. The Balaban J connectivity index is 2.34. The molecule has 5 atom stereocenters. The van der Waals surface area contributed by atoms with E-state index in [1.165, 1.54) is 6.92 Å². The number of rotatable bonds is 14. The van der Waals surface area contributed by atoms with Gasteiger partial charge in [0.1, 0.15) is 18.1 Å². The molecule has 0 aliphatic carbocycles. The third-order valence-electron chi connectivity index (χ3n) is 5.62. The van der Waals surface area contributed by atoms with Crippen LogP contribution in [0, 0.1) is 0 Å². The van der Waals surface area contributed by atoms with Crippen LogP contribution in [0.4, 0.5) is 0 Å².